The predicted octanol–water partition coefficient (Wildman–Crippen LogP) is 2.07. The van der Waals surface area contributed by atoms with Crippen molar-refractivity contribution in [1.82, 2.24) is 14.8 Å². The number of amides is 2. The van der Waals surface area contributed by atoms with Crippen LogP contribution in [0.3, 0.4) is 0 Å². The van der Waals surface area contributed by atoms with Gasteiger partial charge >= 0.3 is 0 Å². The number of aromatic nitrogens is 1. The number of carbonyl (C=O) groups is 2. The minimum Gasteiger partial charge on any atom is -0.497 e. The molecule has 6 nitrogen and oxygen atoms in total. The molecule has 1 fully saturated rings. The molecule has 1 aliphatic rings. The van der Waals surface area contributed by atoms with Gasteiger partial charge in [0.05, 0.1) is 19.0 Å². The molecule has 2 heterocycles. The summed E-state index contributed by atoms with van der Waals surface area (Å²) >= 11 is 1.41. The van der Waals surface area contributed by atoms with E-state index in [1.54, 1.807) is 22.9 Å². The van der Waals surface area contributed by atoms with E-state index in [9.17, 15) is 9.59 Å². The van der Waals surface area contributed by atoms with Crippen LogP contribution in [-0.2, 0) is 11.2 Å². The second kappa shape index (κ2) is 8.11. The topological polar surface area (TPSA) is 62.7 Å². The van der Waals surface area contributed by atoms with Crippen LogP contribution in [0.25, 0.3) is 0 Å². The SMILES string of the molecule is COc1ccc(CC(=O)N2CCCN(C(=O)c3cscn3)CC2)cc1. The maximum Gasteiger partial charge on any atom is 0.273 e. The van der Waals surface area contributed by atoms with Gasteiger partial charge in [-0.3, -0.25) is 9.59 Å². The van der Waals surface area contributed by atoms with Crippen molar-refractivity contribution in [3.63, 3.8) is 0 Å². The number of thiazole rings is 1. The van der Waals surface area contributed by atoms with E-state index in [0.717, 1.165) is 17.7 Å². The van der Waals surface area contributed by atoms with Crippen molar-refractivity contribution in [2.75, 3.05) is 33.3 Å². The standard InChI is InChI=1S/C18H21N3O3S/c1-24-15-5-3-14(4-6-15)11-17(22)20-7-2-8-21(10-9-20)18(23)16-12-25-13-19-16/h3-6,12-13H,2,7-11H2,1H3. The smallest absolute Gasteiger partial charge is 0.273 e. The average Bonchev–Trinajstić information content (AvgIpc) is 3.06. The van der Waals surface area contributed by atoms with Crippen LogP contribution in [0.2, 0.25) is 0 Å². The number of hydrogen-bond donors (Lipinski definition) is 0. The number of carbonyl (C=O) groups excluding carboxylic acids is 2. The third-order valence-corrected chi connectivity index (χ3v) is 4.89. The molecule has 1 aliphatic heterocycles. The number of ether oxygens (including phenoxy) is 1. The second-order valence-electron chi connectivity index (χ2n) is 5.93. The second-order valence-corrected chi connectivity index (χ2v) is 6.64. The summed E-state index contributed by atoms with van der Waals surface area (Å²) in [5, 5.41) is 1.76. The molecule has 0 N–H and O–H groups in total. The molecule has 0 unspecified atom stereocenters. The molecule has 25 heavy (non-hydrogen) atoms. The van der Waals surface area contributed by atoms with E-state index < -0.39 is 0 Å². The number of hydrogen-bond acceptors (Lipinski definition) is 5. The van der Waals surface area contributed by atoms with Gasteiger partial charge in [0.2, 0.25) is 5.91 Å². The highest BCUT2D eigenvalue weighted by atomic mass is 32.1. The van der Waals surface area contributed by atoms with Gasteiger partial charge in [0, 0.05) is 31.6 Å². The third kappa shape index (κ3) is 4.36. The summed E-state index contributed by atoms with van der Waals surface area (Å²) in [6.45, 7) is 2.44. The molecule has 0 spiro atoms. The number of rotatable bonds is 4. The maximum atomic E-state index is 12.6. The first-order valence-corrected chi connectivity index (χ1v) is 9.20. The lowest BCUT2D eigenvalue weighted by molar-refractivity contribution is -0.130. The highest BCUT2D eigenvalue weighted by Crippen LogP contribution is 2.14. The summed E-state index contributed by atoms with van der Waals surface area (Å²) in [7, 11) is 1.62. The van der Waals surface area contributed by atoms with Crippen LogP contribution >= 0.6 is 11.3 Å². The minimum atomic E-state index is -0.0503. The lowest BCUT2D eigenvalue weighted by atomic mass is 10.1. The van der Waals surface area contributed by atoms with Crippen LogP contribution in [0.5, 0.6) is 5.75 Å². The summed E-state index contributed by atoms with van der Waals surface area (Å²) in [4.78, 5) is 32.7. The van der Waals surface area contributed by atoms with E-state index in [2.05, 4.69) is 4.98 Å². The molecule has 0 atom stereocenters. The fraction of sp³-hybridized carbons (Fsp3) is 0.389. The van der Waals surface area contributed by atoms with Gasteiger partial charge in [0.25, 0.3) is 5.91 Å². The molecule has 2 amide bonds. The van der Waals surface area contributed by atoms with Crippen molar-refractivity contribution in [2.45, 2.75) is 12.8 Å². The molecule has 1 aromatic carbocycles. The van der Waals surface area contributed by atoms with Gasteiger partial charge in [-0.2, -0.15) is 0 Å². The van der Waals surface area contributed by atoms with Crippen molar-refractivity contribution < 1.29 is 14.3 Å². The fourth-order valence-electron chi connectivity index (χ4n) is 2.88. The van der Waals surface area contributed by atoms with Crippen molar-refractivity contribution in [2.24, 2.45) is 0 Å². The minimum absolute atomic E-state index is 0.0503. The monoisotopic (exact) mass is 359 g/mol. The molecule has 0 aliphatic carbocycles. The van der Waals surface area contributed by atoms with Crippen LogP contribution in [0.4, 0.5) is 0 Å². The summed E-state index contributed by atoms with van der Waals surface area (Å²) < 4.78 is 5.13. The molecular formula is C18H21N3O3S. The highest BCUT2D eigenvalue weighted by molar-refractivity contribution is 7.07. The number of nitrogens with zero attached hydrogens (tertiary/aromatic N) is 3. The first kappa shape index (κ1) is 17.4. The Bertz CT molecular complexity index is 716. The molecular weight excluding hydrogens is 338 g/mol. The van der Waals surface area contributed by atoms with Crippen molar-refractivity contribution in [3.05, 3.63) is 46.4 Å². The highest BCUT2D eigenvalue weighted by Gasteiger charge is 2.23. The van der Waals surface area contributed by atoms with E-state index in [4.69, 9.17) is 4.74 Å². The molecule has 2 aromatic rings. The fourth-order valence-corrected chi connectivity index (χ4v) is 3.41. The van der Waals surface area contributed by atoms with Gasteiger partial charge in [-0.1, -0.05) is 12.1 Å². The quantitative estimate of drug-likeness (QED) is 0.838. The normalized spacial score (nSPS) is 14.9. The first-order valence-electron chi connectivity index (χ1n) is 8.25. The zero-order valence-electron chi connectivity index (χ0n) is 14.2. The Morgan fingerprint density at radius 1 is 1.12 bits per heavy atom. The van der Waals surface area contributed by atoms with Crippen LogP contribution in [-0.4, -0.2) is 59.9 Å². The summed E-state index contributed by atoms with van der Waals surface area (Å²) in [6.07, 6.45) is 1.15. The maximum absolute atomic E-state index is 12.6. The molecule has 132 valence electrons. The van der Waals surface area contributed by atoms with Gasteiger partial charge in [-0.05, 0) is 24.1 Å². The average molecular weight is 359 g/mol. The van der Waals surface area contributed by atoms with E-state index in [-0.39, 0.29) is 11.8 Å². The molecule has 0 bridgehead atoms. The number of benzene rings is 1. The Hall–Kier alpha value is -2.41. The largest absolute Gasteiger partial charge is 0.497 e. The summed E-state index contributed by atoms with van der Waals surface area (Å²) in [5.41, 5.74) is 3.11. The lowest BCUT2D eigenvalue weighted by Gasteiger charge is -2.22. The Morgan fingerprint density at radius 2 is 1.84 bits per heavy atom. The van der Waals surface area contributed by atoms with E-state index in [1.165, 1.54) is 11.3 Å². The lowest BCUT2D eigenvalue weighted by Crippen LogP contribution is -2.38. The zero-order valence-corrected chi connectivity index (χ0v) is 15.0. The van der Waals surface area contributed by atoms with Gasteiger partial charge < -0.3 is 14.5 Å². The van der Waals surface area contributed by atoms with E-state index in [0.29, 0.717) is 38.3 Å². The van der Waals surface area contributed by atoms with Crippen molar-refractivity contribution >= 4 is 23.2 Å². The summed E-state index contributed by atoms with van der Waals surface area (Å²) in [6, 6.07) is 7.54. The predicted molar refractivity (Wildman–Crippen MR) is 95.9 cm³/mol. The zero-order chi connectivity index (χ0) is 17.6. The van der Waals surface area contributed by atoms with Gasteiger partial charge in [0.1, 0.15) is 11.4 Å². The molecule has 7 heteroatoms. The van der Waals surface area contributed by atoms with Crippen LogP contribution in [0.15, 0.2) is 35.2 Å². The summed E-state index contributed by atoms with van der Waals surface area (Å²) in [5.74, 6) is 0.820. The Balaban J connectivity index is 1.56. The van der Waals surface area contributed by atoms with Crippen molar-refractivity contribution in [1.29, 1.82) is 0 Å². The molecule has 0 saturated carbocycles. The molecule has 0 radical (unpaired) electrons. The van der Waals surface area contributed by atoms with Gasteiger partial charge in [0.15, 0.2) is 0 Å². The Morgan fingerprint density at radius 3 is 2.52 bits per heavy atom. The van der Waals surface area contributed by atoms with Crippen molar-refractivity contribution in [3.8, 4) is 5.75 Å². The molecule has 1 aromatic heterocycles. The van der Waals surface area contributed by atoms with E-state index >= 15 is 0 Å². The van der Waals surface area contributed by atoms with Crippen LogP contribution < -0.4 is 4.74 Å². The first-order chi connectivity index (χ1) is 12.2. The Labute approximate surface area is 151 Å². The molecule has 3 rings (SSSR count). The van der Waals surface area contributed by atoms with Gasteiger partial charge in [-0.15, -0.1) is 11.3 Å². The Kier molecular flexibility index (Phi) is 5.65. The third-order valence-electron chi connectivity index (χ3n) is 4.30. The number of methoxy groups -OCH3 is 1. The van der Waals surface area contributed by atoms with E-state index in [1.807, 2.05) is 29.2 Å². The van der Waals surface area contributed by atoms with Crippen LogP contribution in [0, 0.1) is 0 Å². The molecule has 1 saturated heterocycles. The van der Waals surface area contributed by atoms with Crippen LogP contribution in [0.1, 0.15) is 22.5 Å². The van der Waals surface area contributed by atoms with Gasteiger partial charge in [-0.25, -0.2) is 4.98 Å².